The van der Waals surface area contributed by atoms with Crippen LogP contribution in [0.1, 0.15) is 16.7 Å². The quantitative estimate of drug-likeness (QED) is 0.618. The van der Waals surface area contributed by atoms with E-state index in [-0.39, 0.29) is 0 Å². The summed E-state index contributed by atoms with van der Waals surface area (Å²) < 4.78 is 0. The normalized spacial score (nSPS) is 10.5. The Bertz CT molecular complexity index is 731. The van der Waals surface area contributed by atoms with Gasteiger partial charge in [-0.15, -0.1) is 0 Å². The van der Waals surface area contributed by atoms with E-state index >= 15 is 0 Å². The van der Waals surface area contributed by atoms with Crippen LogP contribution in [0.25, 0.3) is 0 Å². The third-order valence-electron chi connectivity index (χ3n) is 4.47. The second-order valence-electron chi connectivity index (χ2n) is 6.46. The molecule has 0 N–H and O–H groups in total. The summed E-state index contributed by atoms with van der Waals surface area (Å²) in [4.78, 5) is 4.52. The van der Waals surface area contributed by atoms with Crippen LogP contribution in [0.4, 0.5) is 11.4 Å². The first-order valence-electron chi connectivity index (χ1n) is 8.60. The van der Waals surface area contributed by atoms with Crippen LogP contribution in [0.5, 0.6) is 0 Å². The number of hydrogen-bond acceptors (Lipinski definition) is 2. The number of anilines is 2. The average molecular weight is 329 g/mol. The second-order valence-corrected chi connectivity index (χ2v) is 6.46. The van der Waals surface area contributed by atoms with Gasteiger partial charge in [-0.05, 0) is 35.7 Å². The molecule has 3 aromatic rings. The van der Waals surface area contributed by atoms with Gasteiger partial charge in [0.05, 0.1) is 0 Å². The molecule has 0 amide bonds. The number of hydrogen-bond donors (Lipinski definition) is 0. The third-order valence-corrected chi connectivity index (χ3v) is 4.47. The summed E-state index contributed by atoms with van der Waals surface area (Å²) >= 11 is 0. The average Bonchev–Trinajstić information content (AvgIpc) is 2.63. The van der Waals surface area contributed by atoms with Crippen molar-refractivity contribution >= 4 is 11.4 Å². The summed E-state index contributed by atoms with van der Waals surface area (Å²) in [5, 5.41) is 0. The van der Waals surface area contributed by atoms with Crippen LogP contribution in [-0.2, 0) is 13.1 Å². The Balaban J connectivity index is 1.79. The largest absolute Gasteiger partial charge is 0.370 e. The van der Waals surface area contributed by atoms with E-state index in [1.165, 1.54) is 22.5 Å². The lowest BCUT2D eigenvalue weighted by Crippen LogP contribution is -2.21. The zero-order valence-electron chi connectivity index (χ0n) is 15.0. The lowest BCUT2D eigenvalue weighted by Gasteiger charge is -2.27. The van der Waals surface area contributed by atoms with E-state index in [1.807, 2.05) is 0 Å². The molecule has 0 saturated carbocycles. The molecule has 2 heteroatoms. The molecule has 1 radical (unpaired) electrons. The minimum Gasteiger partial charge on any atom is -0.370 e. The molecule has 3 aromatic carbocycles. The SMILES string of the molecule is [CH2]c1c(N(C)Cc2ccccc2)cccc1N(C)Cc1ccccc1. The van der Waals surface area contributed by atoms with Crippen molar-refractivity contribution in [3.63, 3.8) is 0 Å². The van der Waals surface area contributed by atoms with E-state index in [0.717, 1.165) is 18.7 Å². The van der Waals surface area contributed by atoms with Gasteiger partial charge in [-0.25, -0.2) is 0 Å². The Hall–Kier alpha value is -2.74. The summed E-state index contributed by atoms with van der Waals surface area (Å²) in [6, 6.07) is 27.5. The van der Waals surface area contributed by atoms with Crippen molar-refractivity contribution in [3.05, 3.63) is 102 Å². The Labute approximate surface area is 151 Å². The van der Waals surface area contributed by atoms with Gasteiger partial charge in [0.15, 0.2) is 0 Å². The van der Waals surface area contributed by atoms with Gasteiger partial charge in [-0.3, -0.25) is 0 Å². The zero-order valence-corrected chi connectivity index (χ0v) is 15.0. The highest BCUT2D eigenvalue weighted by Gasteiger charge is 2.12. The number of benzene rings is 3. The van der Waals surface area contributed by atoms with E-state index < -0.39 is 0 Å². The van der Waals surface area contributed by atoms with Crippen LogP contribution in [0.2, 0.25) is 0 Å². The first-order valence-corrected chi connectivity index (χ1v) is 8.60. The predicted molar refractivity (Wildman–Crippen MR) is 108 cm³/mol. The fraction of sp³-hybridized carbons (Fsp3) is 0.174. The van der Waals surface area contributed by atoms with E-state index in [2.05, 4.69) is 110 Å². The van der Waals surface area contributed by atoms with Crippen molar-refractivity contribution in [2.24, 2.45) is 0 Å². The maximum absolute atomic E-state index is 4.36. The van der Waals surface area contributed by atoms with E-state index in [0.29, 0.717) is 0 Å². The Morgan fingerprint density at radius 2 is 1.00 bits per heavy atom. The van der Waals surface area contributed by atoms with Crippen molar-refractivity contribution in [1.82, 2.24) is 0 Å². The van der Waals surface area contributed by atoms with Gasteiger partial charge in [0, 0.05) is 38.6 Å². The van der Waals surface area contributed by atoms with E-state index in [1.54, 1.807) is 0 Å². The smallest absolute Gasteiger partial charge is 0.0426 e. The lowest BCUT2D eigenvalue weighted by molar-refractivity contribution is 0.902. The molecule has 3 rings (SSSR count). The van der Waals surface area contributed by atoms with Crippen molar-refractivity contribution in [1.29, 1.82) is 0 Å². The molecule has 0 spiro atoms. The van der Waals surface area contributed by atoms with Gasteiger partial charge in [0.2, 0.25) is 0 Å². The maximum atomic E-state index is 4.36. The Morgan fingerprint density at radius 3 is 1.40 bits per heavy atom. The fourth-order valence-electron chi connectivity index (χ4n) is 3.16. The Morgan fingerprint density at radius 1 is 0.600 bits per heavy atom. The molecule has 2 nitrogen and oxygen atoms in total. The molecule has 25 heavy (non-hydrogen) atoms. The van der Waals surface area contributed by atoms with Gasteiger partial charge in [-0.2, -0.15) is 0 Å². The predicted octanol–water partition coefficient (Wildman–Crippen LogP) is 5.14. The van der Waals surface area contributed by atoms with E-state index in [4.69, 9.17) is 0 Å². The van der Waals surface area contributed by atoms with Gasteiger partial charge in [0.1, 0.15) is 0 Å². The summed E-state index contributed by atoms with van der Waals surface area (Å²) in [7, 11) is 4.25. The van der Waals surface area contributed by atoms with Crippen LogP contribution < -0.4 is 9.80 Å². The minimum atomic E-state index is 0.870. The summed E-state index contributed by atoms with van der Waals surface area (Å²) in [6.45, 7) is 6.10. The monoisotopic (exact) mass is 329 g/mol. The van der Waals surface area contributed by atoms with Gasteiger partial charge in [-0.1, -0.05) is 66.7 Å². The molecule has 0 aliphatic carbocycles. The van der Waals surface area contributed by atoms with Gasteiger partial charge < -0.3 is 9.80 Å². The highest BCUT2D eigenvalue weighted by Crippen LogP contribution is 2.29. The molecule has 0 saturated heterocycles. The minimum absolute atomic E-state index is 0.870. The topological polar surface area (TPSA) is 6.48 Å². The highest BCUT2D eigenvalue weighted by atomic mass is 15.1. The highest BCUT2D eigenvalue weighted by molar-refractivity contribution is 5.69. The summed E-state index contributed by atoms with van der Waals surface area (Å²) in [5.74, 6) is 0. The van der Waals surface area contributed by atoms with Crippen LogP contribution in [0, 0.1) is 6.92 Å². The summed E-state index contributed by atoms with van der Waals surface area (Å²) in [6.07, 6.45) is 0. The van der Waals surface area contributed by atoms with Crippen LogP contribution in [0.3, 0.4) is 0 Å². The van der Waals surface area contributed by atoms with Gasteiger partial charge >= 0.3 is 0 Å². The Kier molecular flexibility index (Phi) is 5.39. The number of rotatable bonds is 6. The molecule has 0 fully saturated rings. The standard InChI is InChI=1S/C23H25N2/c1-19-22(24(2)17-20-11-6-4-7-12-20)15-10-16-23(19)25(3)18-21-13-8-5-9-14-21/h4-16H,1,17-18H2,2-3H3. The first kappa shape index (κ1) is 17.1. The first-order chi connectivity index (χ1) is 12.1. The second kappa shape index (κ2) is 7.89. The molecule has 127 valence electrons. The van der Waals surface area contributed by atoms with Gasteiger partial charge in [0.25, 0.3) is 0 Å². The molecule has 0 atom stereocenters. The molecule has 0 aliphatic heterocycles. The molecular weight excluding hydrogens is 304 g/mol. The summed E-state index contributed by atoms with van der Waals surface area (Å²) in [5.41, 5.74) is 6.00. The third kappa shape index (κ3) is 4.21. The fourth-order valence-corrected chi connectivity index (χ4v) is 3.16. The molecule has 0 aromatic heterocycles. The maximum Gasteiger partial charge on any atom is 0.0426 e. The van der Waals surface area contributed by atoms with Crippen molar-refractivity contribution in [2.75, 3.05) is 23.9 Å². The zero-order chi connectivity index (χ0) is 17.6. The van der Waals surface area contributed by atoms with Crippen molar-refractivity contribution < 1.29 is 0 Å². The van der Waals surface area contributed by atoms with Crippen LogP contribution in [-0.4, -0.2) is 14.1 Å². The molecule has 0 aliphatic rings. The van der Waals surface area contributed by atoms with E-state index in [9.17, 15) is 0 Å². The molecular formula is C23H25N2. The number of nitrogens with zero attached hydrogens (tertiary/aromatic N) is 2. The molecule has 0 heterocycles. The van der Waals surface area contributed by atoms with Crippen molar-refractivity contribution in [3.8, 4) is 0 Å². The lowest BCUT2D eigenvalue weighted by atomic mass is 10.1. The van der Waals surface area contributed by atoms with Crippen molar-refractivity contribution in [2.45, 2.75) is 13.1 Å². The molecule has 0 unspecified atom stereocenters. The molecule has 0 bridgehead atoms. The van der Waals surface area contributed by atoms with Crippen LogP contribution in [0.15, 0.2) is 78.9 Å². The van der Waals surface area contributed by atoms with Crippen LogP contribution >= 0.6 is 0 Å².